The van der Waals surface area contributed by atoms with Crippen molar-refractivity contribution in [1.29, 1.82) is 0 Å². The summed E-state index contributed by atoms with van der Waals surface area (Å²) in [5.74, 6) is 0. The second-order valence-electron chi connectivity index (χ2n) is 3.87. The van der Waals surface area contributed by atoms with Crippen LogP contribution in [-0.4, -0.2) is 30.5 Å². The van der Waals surface area contributed by atoms with Crippen molar-refractivity contribution in [2.75, 3.05) is 13.2 Å². The van der Waals surface area contributed by atoms with Gasteiger partial charge in [-0.3, -0.25) is 0 Å². The lowest BCUT2D eigenvalue weighted by Crippen LogP contribution is -2.30. The third-order valence-corrected chi connectivity index (χ3v) is 3.55. The van der Waals surface area contributed by atoms with Gasteiger partial charge in [0, 0.05) is 18.0 Å². The lowest BCUT2D eigenvalue weighted by atomic mass is 10.3. The van der Waals surface area contributed by atoms with E-state index in [2.05, 4.69) is 27.3 Å². The zero-order valence-electron chi connectivity index (χ0n) is 9.57. The van der Waals surface area contributed by atoms with Crippen molar-refractivity contribution in [3.05, 3.63) is 20.8 Å². The van der Waals surface area contributed by atoms with Gasteiger partial charge in [-0.25, -0.2) is 0 Å². The van der Waals surface area contributed by atoms with E-state index in [4.69, 9.17) is 4.74 Å². The summed E-state index contributed by atoms with van der Waals surface area (Å²) >= 11 is 5.11. The highest BCUT2D eigenvalue weighted by atomic mass is 79.9. The highest BCUT2D eigenvalue weighted by Gasteiger charge is 2.05. The smallest absolute Gasteiger partial charge is 0.0897 e. The minimum atomic E-state index is -0.439. The Morgan fingerprint density at radius 3 is 2.81 bits per heavy atom. The van der Waals surface area contributed by atoms with Crippen LogP contribution in [0.15, 0.2) is 15.9 Å². The molecule has 5 heteroatoms. The van der Waals surface area contributed by atoms with E-state index in [9.17, 15) is 5.11 Å². The van der Waals surface area contributed by atoms with Crippen LogP contribution in [0.25, 0.3) is 0 Å². The van der Waals surface area contributed by atoms with Gasteiger partial charge in [0.2, 0.25) is 0 Å². The van der Waals surface area contributed by atoms with Crippen LogP contribution in [0.5, 0.6) is 0 Å². The van der Waals surface area contributed by atoms with E-state index in [-0.39, 0.29) is 6.10 Å². The van der Waals surface area contributed by atoms with E-state index in [1.54, 1.807) is 11.3 Å². The van der Waals surface area contributed by atoms with Gasteiger partial charge in [0.15, 0.2) is 0 Å². The highest BCUT2D eigenvalue weighted by Crippen LogP contribution is 2.21. The molecule has 0 amide bonds. The van der Waals surface area contributed by atoms with E-state index in [0.29, 0.717) is 13.2 Å². The van der Waals surface area contributed by atoms with Gasteiger partial charge in [0.25, 0.3) is 0 Å². The number of hydrogen-bond donors (Lipinski definition) is 2. The predicted octanol–water partition coefficient (Wildman–Crippen LogP) is 2.39. The van der Waals surface area contributed by atoms with Gasteiger partial charge in [-0.1, -0.05) is 0 Å². The number of nitrogens with one attached hydrogen (secondary N) is 1. The lowest BCUT2D eigenvalue weighted by molar-refractivity contribution is 0.00632. The molecular weight excluding hydrogens is 290 g/mol. The number of thiophene rings is 1. The molecular formula is C11H18BrNO2S. The predicted molar refractivity (Wildman–Crippen MR) is 70.8 cm³/mol. The first-order valence-electron chi connectivity index (χ1n) is 5.32. The van der Waals surface area contributed by atoms with Gasteiger partial charge >= 0.3 is 0 Å². The fraction of sp³-hybridized carbons (Fsp3) is 0.636. The Morgan fingerprint density at radius 2 is 2.25 bits per heavy atom. The molecule has 1 aromatic rings. The van der Waals surface area contributed by atoms with Gasteiger partial charge in [-0.05, 0) is 41.9 Å². The highest BCUT2D eigenvalue weighted by molar-refractivity contribution is 9.11. The second kappa shape index (κ2) is 7.40. The maximum absolute atomic E-state index is 9.59. The van der Waals surface area contributed by atoms with Crippen molar-refractivity contribution in [1.82, 2.24) is 5.32 Å². The molecule has 0 aliphatic heterocycles. The van der Waals surface area contributed by atoms with Crippen LogP contribution in [0, 0.1) is 0 Å². The molecule has 1 unspecified atom stereocenters. The van der Waals surface area contributed by atoms with Crippen molar-refractivity contribution in [3.8, 4) is 0 Å². The standard InChI is InChI=1S/C11H18BrNO2S/c1-8(2)15-7-9(14)5-13-6-10-3-4-11(12)16-10/h3-4,8-9,13-14H,5-7H2,1-2H3. The largest absolute Gasteiger partial charge is 0.389 e. The van der Waals surface area contributed by atoms with Gasteiger partial charge in [0.1, 0.15) is 0 Å². The summed E-state index contributed by atoms with van der Waals surface area (Å²) in [4.78, 5) is 1.25. The summed E-state index contributed by atoms with van der Waals surface area (Å²) < 4.78 is 6.45. The zero-order valence-corrected chi connectivity index (χ0v) is 12.0. The molecule has 1 atom stereocenters. The van der Waals surface area contributed by atoms with Crippen molar-refractivity contribution < 1.29 is 9.84 Å². The number of aliphatic hydroxyl groups is 1. The van der Waals surface area contributed by atoms with Crippen LogP contribution in [-0.2, 0) is 11.3 Å². The molecule has 0 spiro atoms. The first kappa shape index (κ1) is 14.1. The summed E-state index contributed by atoms with van der Waals surface area (Å²) in [5.41, 5.74) is 0. The summed E-state index contributed by atoms with van der Waals surface area (Å²) in [5, 5.41) is 12.8. The fourth-order valence-electron chi connectivity index (χ4n) is 1.17. The van der Waals surface area contributed by atoms with Crippen LogP contribution in [0.4, 0.5) is 0 Å². The SMILES string of the molecule is CC(C)OCC(O)CNCc1ccc(Br)s1. The Balaban J connectivity index is 2.10. The normalized spacial score (nSPS) is 13.3. The third kappa shape index (κ3) is 5.96. The summed E-state index contributed by atoms with van der Waals surface area (Å²) in [7, 11) is 0. The Bertz CT molecular complexity index is 304. The zero-order chi connectivity index (χ0) is 12.0. The molecule has 0 aliphatic rings. The van der Waals surface area contributed by atoms with Gasteiger partial charge in [-0.2, -0.15) is 0 Å². The molecule has 0 saturated carbocycles. The quantitative estimate of drug-likeness (QED) is 0.813. The van der Waals surface area contributed by atoms with Crippen LogP contribution >= 0.6 is 27.3 Å². The van der Waals surface area contributed by atoms with Crippen LogP contribution < -0.4 is 5.32 Å². The molecule has 0 aliphatic carbocycles. The average Bonchev–Trinajstić information content (AvgIpc) is 2.61. The van der Waals surface area contributed by atoms with E-state index < -0.39 is 6.10 Å². The molecule has 0 aromatic carbocycles. The number of hydrogen-bond acceptors (Lipinski definition) is 4. The number of ether oxygens (including phenoxy) is 1. The Morgan fingerprint density at radius 1 is 1.50 bits per heavy atom. The Labute approximate surface area is 109 Å². The molecule has 1 rings (SSSR count). The molecule has 0 saturated heterocycles. The molecule has 1 heterocycles. The number of halogens is 1. The molecule has 16 heavy (non-hydrogen) atoms. The minimum Gasteiger partial charge on any atom is -0.389 e. The van der Waals surface area contributed by atoms with Crippen LogP contribution in [0.3, 0.4) is 0 Å². The number of rotatable bonds is 7. The second-order valence-corrected chi connectivity index (χ2v) is 6.42. The van der Waals surface area contributed by atoms with Crippen molar-refractivity contribution in [2.24, 2.45) is 0 Å². The Hall–Kier alpha value is 0.0600. The maximum Gasteiger partial charge on any atom is 0.0897 e. The Kier molecular flexibility index (Phi) is 6.53. The topological polar surface area (TPSA) is 41.5 Å². The lowest BCUT2D eigenvalue weighted by Gasteiger charge is -2.13. The maximum atomic E-state index is 9.59. The van der Waals surface area contributed by atoms with Gasteiger partial charge in [0.05, 0.1) is 22.6 Å². The molecule has 1 aromatic heterocycles. The first-order chi connectivity index (χ1) is 7.58. The summed E-state index contributed by atoms with van der Waals surface area (Å²) in [6.07, 6.45) is -0.270. The van der Waals surface area contributed by atoms with Crippen molar-refractivity contribution >= 4 is 27.3 Å². The van der Waals surface area contributed by atoms with Gasteiger partial charge < -0.3 is 15.2 Å². The first-order valence-corrected chi connectivity index (χ1v) is 6.93. The fourth-order valence-corrected chi connectivity index (χ4v) is 2.62. The summed E-state index contributed by atoms with van der Waals surface area (Å²) in [6, 6.07) is 4.10. The van der Waals surface area contributed by atoms with Gasteiger partial charge in [-0.15, -0.1) is 11.3 Å². The van der Waals surface area contributed by atoms with E-state index in [1.165, 1.54) is 4.88 Å². The molecule has 2 N–H and O–H groups in total. The summed E-state index contributed by atoms with van der Waals surface area (Å²) in [6.45, 7) is 5.66. The molecule has 0 radical (unpaired) electrons. The molecule has 3 nitrogen and oxygen atoms in total. The molecule has 92 valence electrons. The van der Waals surface area contributed by atoms with E-state index in [1.807, 2.05) is 19.9 Å². The monoisotopic (exact) mass is 307 g/mol. The number of aliphatic hydroxyl groups excluding tert-OH is 1. The average molecular weight is 308 g/mol. The minimum absolute atomic E-state index is 0.169. The third-order valence-electron chi connectivity index (χ3n) is 1.93. The van der Waals surface area contributed by atoms with Crippen LogP contribution in [0.2, 0.25) is 0 Å². The van der Waals surface area contributed by atoms with E-state index in [0.717, 1.165) is 10.3 Å². The van der Waals surface area contributed by atoms with Crippen LogP contribution in [0.1, 0.15) is 18.7 Å². The van der Waals surface area contributed by atoms with E-state index >= 15 is 0 Å². The molecule has 0 fully saturated rings. The van der Waals surface area contributed by atoms with Crippen molar-refractivity contribution in [2.45, 2.75) is 32.6 Å². The van der Waals surface area contributed by atoms with Crippen molar-refractivity contribution in [3.63, 3.8) is 0 Å². The molecule has 0 bridgehead atoms.